The van der Waals surface area contributed by atoms with E-state index >= 15 is 0 Å². The van der Waals surface area contributed by atoms with Crippen molar-refractivity contribution in [2.75, 3.05) is 13.1 Å². The molecular formula is C20H21N7O. The maximum Gasteiger partial charge on any atom is 0.228 e. The highest BCUT2D eigenvalue weighted by atomic mass is 16.2. The minimum Gasteiger partial charge on any atom is -0.345 e. The van der Waals surface area contributed by atoms with Crippen molar-refractivity contribution in [3.8, 4) is 0 Å². The Labute approximate surface area is 161 Å². The minimum atomic E-state index is 0.0896. The van der Waals surface area contributed by atoms with Crippen molar-refractivity contribution in [2.24, 2.45) is 5.92 Å². The first-order valence-corrected chi connectivity index (χ1v) is 9.53. The van der Waals surface area contributed by atoms with Gasteiger partial charge in [-0.05, 0) is 18.4 Å². The lowest BCUT2D eigenvalue weighted by Gasteiger charge is -2.36. The van der Waals surface area contributed by atoms with Gasteiger partial charge in [0.05, 0.1) is 35.5 Å². The molecule has 2 atom stereocenters. The Bertz CT molecular complexity index is 1130. The molecular weight excluding hydrogens is 354 g/mol. The van der Waals surface area contributed by atoms with Gasteiger partial charge in [-0.25, -0.2) is 9.97 Å². The first kappa shape index (κ1) is 16.9. The zero-order valence-corrected chi connectivity index (χ0v) is 15.6. The van der Waals surface area contributed by atoms with E-state index in [0.717, 1.165) is 35.5 Å². The van der Waals surface area contributed by atoms with Crippen LogP contribution in [-0.2, 0) is 11.2 Å². The fourth-order valence-electron chi connectivity index (χ4n) is 4.08. The standard InChI is InChI=1S/C20H21N7O/c1-13-3-7-26(18(28)8-14-9-21-5-6-22-14)12-16(13)20-25-11-15-10-24-19-17(27(15)20)2-4-23-19/h2,4-6,9-11,13,16,23H,3,7-8,12H2,1H3/t13-,16+/m1/s1. The lowest BCUT2D eigenvalue weighted by Crippen LogP contribution is -2.43. The van der Waals surface area contributed by atoms with E-state index in [-0.39, 0.29) is 18.2 Å². The number of H-pyrrole nitrogens is 1. The van der Waals surface area contributed by atoms with Crippen LogP contribution in [0.3, 0.4) is 0 Å². The van der Waals surface area contributed by atoms with Crippen molar-refractivity contribution in [1.82, 2.24) is 34.2 Å². The van der Waals surface area contributed by atoms with Crippen LogP contribution >= 0.6 is 0 Å². The summed E-state index contributed by atoms with van der Waals surface area (Å²) < 4.78 is 2.16. The summed E-state index contributed by atoms with van der Waals surface area (Å²) in [6, 6.07) is 2.02. The van der Waals surface area contributed by atoms with Gasteiger partial charge in [0.15, 0.2) is 5.65 Å². The number of amides is 1. The van der Waals surface area contributed by atoms with E-state index in [2.05, 4.69) is 31.3 Å². The molecule has 1 saturated heterocycles. The number of likely N-dealkylation sites (tertiary alicyclic amines) is 1. The molecule has 0 bridgehead atoms. The molecule has 4 aromatic rings. The Hall–Kier alpha value is -3.29. The van der Waals surface area contributed by atoms with Gasteiger partial charge in [-0.3, -0.25) is 19.2 Å². The highest BCUT2D eigenvalue weighted by Crippen LogP contribution is 2.33. The molecule has 1 fully saturated rings. The highest BCUT2D eigenvalue weighted by Gasteiger charge is 2.33. The summed E-state index contributed by atoms with van der Waals surface area (Å²) in [5, 5.41) is 0. The molecule has 1 N–H and O–H groups in total. The number of rotatable bonds is 3. The van der Waals surface area contributed by atoms with Crippen LogP contribution < -0.4 is 0 Å². The number of carbonyl (C=O) groups is 1. The number of aromatic amines is 1. The molecule has 4 aromatic heterocycles. The van der Waals surface area contributed by atoms with Gasteiger partial charge in [-0.2, -0.15) is 0 Å². The summed E-state index contributed by atoms with van der Waals surface area (Å²) in [6.45, 7) is 3.67. The van der Waals surface area contributed by atoms with Crippen molar-refractivity contribution in [1.29, 1.82) is 0 Å². The quantitative estimate of drug-likeness (QED) is 0.593. The number of imidazole rings is 1. The van der Waals surface area contributed by atoms with Crippen LogP contribution in [0.15, 0.2) is 43.2 Å². The molecule has 1 aliphatic rings. The zero-order chi connectivity index (χ0) is 19.1. The van der Waals surface area contributed by atoms with Gasteiger partial charge < -0.3 is 9.88 Å². The van der Waals surface area contributed by atoms with Crippen LogP contribution in [0.2, 0.25) is 0 Å². The predicted octanol–water partition coefficient (Wildman–Crippen LogP) is 2.20. The van der Waals surface area contributed by atoms with Crippen LogP contribution in [0.25, 0.3) is 16.7 Å². The topological polar surface area (TPSA) is 92.1 Å². The van der Waals surface area contributed by atoms with Gasteiger partial charge in [-0.1, -0.05) is 6.92 Å². The normalized spacial score (nSPS) is 20.1. The minimum absolute atomic E-state index is 0.0896. The number of carbonyl (C=O) groups excluding carboxylic acids is 1. The van der Waals surface area contributed by atoms with E-state index in [1.807, 2.05) is 29.6 Å². The maximum atomic E-state index is 12.8. The third kappa shape index (κ3) is 2.81. The first-order valence-electron chi connectivity index (χ1n) is 9.53. The van der Waals surface area contributed by atoms with Crippen LogP contribution in [-0.4, -0.2) is 53.2 Å². The van der Waals surface area contributed by atoms with Gasteiger partial charge in [-0.15, -0.1) is 0 Å². The summed E-state index contributed by atoms with van der Waals surface area (Å²) >= 11 is 0. The summed E-state index contributed by atoms with van der Waals surface area (Å²) in [5.74, 6) is 1.69. The lowest BCUT2D eigenvalue weighted by atomic mass is 9.86. The molecule has 5 heterocycles. The molecule has 1 aliphatic heterocycles. The van der Waals surface area contributed by atoms with Crippen molar-refractivity contribution in [2.45, 2.75) is 25.7 Å². The second-order valence-corrected chi connectivity index (χ2v) is 7.43. The van der Waals surface area contributed by atoms with Crippen LogP contribution in [0.5, 0.6) is 0 Å². The number of nitrogens with one attached hydrogen (secondary N) is 1. The molecule has 8 heteroatoms. The Morgan fingerprint density at radius 2 is 2.11 bits per heavy atom. The van der Waals surface area contributed by atoms with Crippen molar-refractivity contribution < 1.29 is 4.79 Å². The second kappa shape index (κ2) is 6.70. The zero-order valence-electron chi connectivity index (χ0n) is 15.6. The van der Waals surface area contributed by atoms with Gasteiger partial charge in [0, 0.05) is 43.8 Å². The Morgan fingerprint density at radius 1 is 1.21 bits per heavy atom. The largest absolute Gasteiger partial charge is 0.345 e. The highest BCUT2D eigenvalue weighted by molar-refractivity contribution is 5.78. The SMILES string of the molecule is C[C@@H]1CCN(C(=O)Cc2cnccn2)C[C@@H]1c1ncc2cnc3[nH]ccc3n12. The number of piperidine rings is 1. The Balaban J connectivity index is 1.45. The van der Waals surface area contributed by atoms with Gasteiger partial charge in [0.2, 0.25) is 5.91 Å². The number of nitrogens with zero attached hydrogens (tertiary/aromatic N) is 6. The predicted molar refractivity (Wildman–Crippen MR) is 104 cm³/mol. The average molecular weight is 375 g/mol. The fourth-order valence-corrected chi connectivity index (χ4v) is 4.08. The van der Waals surface area contributed by atoms with Gasteiger partial charge >= 0.3 is 0 Å². The van der Waals surface area contributed by atoms with Crippen molar-refractivity contribution in [3.63, 3.8) is 0 Å². The molecule has 0 spiro atoms. The molecule has 0 aliphatic carbocycles. The number of fused-ring (bicyclic) bond motifs is 3. The molecule has 0 aromatic carbocycles. The molecule has 0 radical (unpaired) electrons. The average Bonchev–Trinajstić information content (AvgIpc) is 3.35. The van der Waals surface area contributed by atoms with Gasteiger partial charge in [0.25, 0.3) is 0 Å². The molecule has 0 unspecified atom stereocenters. The molecule has 0 saturated carbocycles. The lowest BCUT2D eigenvalue weighted by molar-refractivity contribution is -0.132. The van der Waals surface area contributed by atoms with Crippen LogP contribution in [0.1, 0.15) is 30.8 Å². The van der Waals surface area contributed by atoms with E-state index in [1.54, 1.807) is 18.6 Å². The van der Waals surface area contributed by atoms with Gasteiger partial charge in [0.1, 0.15) is 5.82 Å². The first-order chi connectivity index (χ1) is 13.7. The number of hydrogen-bond acceptors (Lipinski definition) is 5. The fraction of sp³-hybridized carbons (Fsp3) is 0.350. The Kier molecular flexibility index (Phi) is 4.03. The number of hydrogen-bond donors (Lipinski definition) is 1. The summed E-state index contributed by atoms with van der Waals surface area (Å²) in [4.78, 5) is 35.4. The van der Waals surface area contributed by atoms with E-state index in [1.165, 1.54) is 0 Å². The monoisotopic (exact) mass is 375 g/mol. The maximum absolute atomic E-state index is 12.8. The van der Waals surface area contributed by atoms with Crippen molar-refractivity contribution in [3.05, 3.63) is 54.8 Å². The summed E-state index contributed by atoms with van der Waals surface area (Å²) in [6.07, 6.45) is 11.7. The van der Waals surface area contributed by atoms with Crippen LogP contribution in [0, 0.1) is 5.92 Å². The molecule has 8 nitrogen and oxygen atoms in total. The molecule has 1 amide bonds. The second-order valence-electron chi connectivity index (χ2n) is 7.43. The number of aromatic nitrogens is 6. The summed E-state index contributed by atoms with van der Waals surface area (Å²) in [7, 11) is 0. The Morgan fingerprint density at radius 3 is 2.96 bits per heavy atom. The van der Waals surface area contributed by atoms with Crippen molar-refractivity contribution >= 4 is 22.6 Å². The molecule has 142 valence electrons. The summed E-state index contributed by atoms with van der Waals surface area (Å²) in [5.41, 5.74) is 3.53. The molecule has 28 heavy (non-hydrogen) atoms. The smallest absolute Gasteiger partial charge is 0.228 e. The van der Waals surface area contributed by atoms with Crippen LogP contribution in [0.4, 0.5) is 0 Å². The molecule has 5 rings (SSSR count). The van der Waals surface area contributed by atoms with E-state index in [9.17, 15) is 4.79 Å². The van der Waals surface area contributed by atoms with E-state index in [4.69, 9.17) is 4.98 Å². The third-order valence-corrected chi connectivity index (χ3v) is 5.68. The van der Waals surface area contributed by atoms with E-state index < -0.39 is 0 Å². The van der Waals surface area contributed by atoms with E-state index in [0.29, 0.717) is 18.2 Å². The third-order valence-electron chi connectivity index (χ3n) is 5.68.